The lowest BCUT2D eigenvalue weighted by Crippen LogP contribution is -2.38. The highest BCUT2D eigenvalue weighted by Crippen LogP contribution is 2.26. The number of aromatic amines is 1. The van der Waals surface area contributed by atoms with Crippen LogP contribution in [0, 0.1) is 12.8 Å². The van der Waals surface area contributed by atoms with E-state index in [2.05, 4.69) is 9.97 Å². The highest BCUT2D eigenvalue weighted by atomic mass is 16.3. The lowest BCUT2D eigenvalue weighted by atomic mass is 9.95. The molecule has 2 atom stereocenters. The number of aliphatic hydroxyl groups excluding tert-OH is 1. The molecule has 23 heavy (non-hydrogen) atoms. The Kier molecular flexibility index (Phi) is 4.94. The summed E-state index contributed by atoms with van der Waals surface area (Å²) in [4.78, 5) is 33.6. The first-order valence-corrected chi connectivity index (χ1v) is 8.16. The number of carbonyl (C=O) groups is 1. The third kappa shape index (κ3) is 3.80. The Morgan fingerprint density at radius 1 is 1.39 bits per heavy atom. The van der Waals surface area contributed by atoms with Gasteiger partial charge in [0.25, 0.3) is 11.5 Å². The molecule has 0 bridgehead atoms. The van der Waals surface area contributed by atoms with E-state index in [4.69, 9.17) is 0 Å². The molecule has 1 amide bonds. The molecule has 128 valence electrons. The highest BCUT2D eigenvalue weighted by molar-refractivity contribution is 5.94. The largest absolute Gasteiger partial charge is 0.393 e. The fraction of sp³-hybridized carbons (Fsp3) is 0.706. The van der Waals surface area contributed by atoms with E-state index < -0.39 is 5.56 Å². The minimum absolute atomic E-state index is 0.0881. The molecule has 0 aliphatic heterocycles. The molecule has 0 saturated heterocycles. The zero-order valence-corrected chi connectivity index (χ0v) is 14.6. The molecule has 1 aromatic rings. The monoisotopic (exact) mass is 321 g/mol. The van der Waals surface area contributed by atoms with Crippen LogP contribution in [-0.2, 0) is 5.41 Å². The fourth-order valence-corrected chi connectivity index (χ4v) is 3.05. The Labute approximate surface area is 136 Å². The van der Waals surface area contributed by atoms with Crippen molar-refractivity contribution in [3.8, 4) is 0 Å². The zero-order valence-electron chi connectivity index (χ0n) is 14.6. The number of hydrogen-bond donors (Lipinski definition) is 2. The van der Waals surface area contributed by atoms with Crippen LogP contribution >= 0.6 is 0 Å². The summed E-state index contributed by atoms with van der Waals surface area (Å²) in [7, 11) is 1.67. The van der Waals surface area contributed by atoms with Crippen molar-refractivity contribution in [1.82, 2.24) is 14.9 Å². The maximum atomic E-state index is 12.6. The van der Waals surface area contributed by atoms with Crippen molar-refractivity contribution >= 4 is 5.91 Å². The number of amides is 1. The molecule has 0 spiro atoms. The quantitative estimate of drug-likeness (QED) is 0.885. The van der Waals surface area contributed by atoms with Gasteiger partial charge in [-0.1, -0.05) is 27.2 Å². The van der Waals surface area contributed by atoms with Crippen molar-refractivity contribution in [3.05, 3.63) is 27.4 Å². The summed E-state index contributed by atoms with van der Waals surface area (Å²) < 4.78 is 0. The molecule has 2 N–H and O–H groups in total. The van der Waals surface area contributed by atoms with Crippen LogP contribution in [0.25, 0.3) is 0 Å². The van der Waals surface area contributed by atoms with E-state index in [1.54, 1.807) is 14.0 Å². The van der Waals surface area contributed by atoms with Gasteiger partial charge in [-0.25, -0.2) is 4.98 Å². The SMILES string of the molecule is Cc1nc(C(C)(C)C)[nH]c(=O)c1C(=O)N(C)CC1CCCC1O. The standard InChI is InChI=1S/C17H27N3O3/c1-10-13(14(22)19-16(18-10)17(2,3)4)15(23)20(5)9-11-7-6-8-12(11)21/h11-12,21H,6-9H2,1-5H3,(H,18,19,22). The maximum Gasteiger partial charge on any atom is 0.264 e. The first-order valence-electron chi connectivity index (χ1n) is 8.16. The minimum atomic E-state index is -0.397. The van der Waals surface area contributed by atoms with Crippen LogP contribution in [0.1, 0.15) is 61.9 Å². The van der Waals surface area contributed by atoms with Gasteiger partial charge in [-0.2, -0.15) is 0 Å². The fourth-order valence-electron chi connectivity index (χ4n) is 3.05. The van der Waals surface area contributed by atoms with Crippen LogP contribution in [0.4, 0.5) is 0 Å². The van der Waals surface area contributed by atoms with E-state index in [9.17, 15) is 14.7 Å². The number of aryl methyl sites for hydroxylation is 1. The molecule has 1 aromatic heterocycles. The van der Waals surface area contributed by atoms with Crippen molar-refractivity contribution in [2.45, 2.75) is 58.5 Å². The van der Waals surface area contributed by atoms with Gasteiger partial charge in [-0.15, -0.1) is 0 Å². The number of H-pyrrole nitrogens is 1. The van der Waals surface area contributed by atoms with Crippen LogP contribution in [0.5, 0.6) is 0 Å². The summed E-state index contributed by atoms with van der Waals surface area (Å²) in [6.45, 7) is 8.02. The van der Waals surface area contributed by atoms with Crippen molar-refractivity contribution < 1.29 is 9.90 Å². The van der Waals surface area contributed by atoms with Gasteiger partial charge >= 0.3 is 0 Å². The lowest BCUT2D eigenvalue weighted by Gasteiger charge is -2.24. The number of hydrogen-bond acceptors (Lipinski definition) is 4. The van der Waals surface area contributed by atoms with E-state index in [-0.39, 0.29) is 28.9 Å². The molecular formula is C17H27N3O3. The van der Waals surface area contributed by atoms with E-state index in [0.717, 1.165) is 19.3 Å². The summed E-state index contributed by atoms with van der Waals surface area (Å²) >= 11 is 0. The van der Waals surface area contributed by atoms with E-state index in [1.165, 1.54) is 4.90 Å². The van der Waals surface area contributed by atoms with Crippen LogP contribution < -0.4 is 5.56 Å². The molecule has 1 saturated carbocycles. The van der Waals surface area contributed by atoms with Crippen LogP contribution in [0.3, 0.4) is 0 Å². The molecular weight excluding hydrogens is 294 g/mol. The van der Waals surface area contributed by atoms with Gasteiger partial charge in [0, 0.05) is 24.9 Å². The summed E-state index contributed by atoms with van der Waals surface area (Å²) in [6.07, 6.45) is 2.32. The minimum Gasteiger partial charge on any atom is -0.393 e. The molecule has 2 unspecified atom stereocenters. The van der Waals surface area contributed by atoms with Crippen LogP contribution in [0.2, 0.25) is 0 Å². The Morgan fingerprint density at radius 2 is 2.04 bits per heavy atom. The Morgan fingerprint density at radius 3 is 2.52 bits per heavy atom. The topological polar surface area (TPSA) is 86.3 Å². The van der Waals surface area contributed by atoms with Crippen LogP contribution in [-0.4, -0.2) is 45.6 Å². The van der Waals surface area contributed by atoms with Crippen LogP contribution in [0.15, 0.2) is 4.79 Å². The number of nitrogens with one attached hydrogen (secondary N) is 1. The first-order chi connectivity index (χ1) is 10.6. The number of aromatic nitrogens is 2. The molecule has 2 rings (SSSR count). The Hall–Kier alpha value is -1.69. The smallest absolute Gasteiger partial charge is 0.264 e. The summed E-state index contributed by atoms with van der Waals surface area (Å²) in [5, 5.41) is 9.91. The van der Waals surface area contributed by atoms with Gasteiger partial charge in [0.2, 0.25) is 0 Å². The lowest BCUT2D eigenvalue weighted by molar-refractivity contribution is 0.0690. The predicted octanol–water partition coefficient (Wildman–Crippen LogP) is 1.61. The van der Waals surface area contributed by atoms with Crippen molar-refractivity contribution in [2.75, 3.05) is 13.6 Å². The Bertz CT molecular complexity index is 645. The van der Waals surface area contributed by atoms with Crippen molar-refractivity contribution in [2.24, 2.45) is 5.92 Å². The maximum absolute atomic E-state index is 12.6. The molecule has 1 aliphatic carbocycles. The van der Waals surface area contributed by atoms with E-state index in [0.29, 0.717) is 18.1 Å². The highest BCUT2D eigenvalue weighted by Gasteiger charge is 2.29. The summed E-state index contributed by atoms with van der Waals surface area (Å²) in [5.74, 6) is 0.325. The molecule has 1 aliphatic rings. The molecule has 1 heterocycles. The number of nitrogens with zero attached hydrogens (tertiary/aromatic N) is 2. The van der Waals surface area contributed by atoms with E-state index in [1.807, 2.05) is 20.8 Å². The third-order valence-corrected chi connectivity index (χ3v) is 4.50. The van der Waals surface area contributed by atoms with Gasteiger partial charge in [0.15, 0.2) is 0 Å². The molecule has 0 radical (unpaired) electrons. The normalized spacial score (nSPS) is 21.5. The number of aliphatic hydroxyl groups is 1. The summed E-state index contributed by atoms with van der Waals surface area (Å²) in [5.41, 5.74) is -0.146. The van der Waals surface area contributed by atoms with Crippen molar-refractivity contribution in [3.63, 3.8) is 0 Å². The molecule has 1 fully saturated rings. The van der Waals surface area contributed by atoms with Crippen molar-refractivity contribution in [1.29, 1.82) is 0 Å². The average molecular weight is 321 g/mol. The predicted molar refractivity (Wildman–Crippen MR) is 88.6 cm³/mol. The third-order valence-electron chi connectivity index (χ3n) is 4.50. The molecule has 0 aromatic carbocycles. The Balaban J connectivity index is 2.24. The van der Waals surface area contributed by atoms with E-state index >= 15 is 0 Å². The number of rotatable bonds is 3. The zero-order chi connectivity index (χ0) is 17.4. The second-order valence-electron chi connectivity index (χ2n) is 7.57. The molecule has 6 heteroatoms. The number of carbonyl (C=O) groups excluding carboxylic acids is 1. The van der Waals surface area contributed by atoms with Gasteiger partial charge in [-0.3, -0.25) is 9.59 Å². The average Bonchev–Trinajstić information content (AvgIpc) is 2.82. The van der Waals surface area contributed by atoms with Gasteiger partial charge in [0.05, 0.1) is 11.8 Å². The second-order valence-corrected chi connectivity index (χ2v) is 7.57. The molecule has 6 nitrogen and oxygen atoms in total. The summed E-state index contributed by atoms with van der Waals surface area (Å²) in [6, 6.07) is 0. The second kappa shape index (κ2) is 6.43. The van der Waals surface area contributed by atoms with Gasteiger partial charge in [0.1, 0.15) is 11.4 Å². The van der Waals surface area contributed by atoms with Gasteiger partial charge in [-0.05, 0) is 19.8 Å². The van der Waals surface area contributed by atoms with Gasteiger partial charge < -0.3 is 15.0 Å². The first kappa shape index (κ1) is 17.7.